The Kier molecular flexibility index (Phi) is 12.5. The third kappa shape index (κ3) is 9.46. The third-order valence-electron chi connectivity index (χ3n) is 4.47. The monoisotopic (exact) mass is 434 g/mol. The molecular formula is C18H34N4O6S. The van der Waals surface area contributed by atoms with Crippen LogP contribution >= 0.6 is 12.6 Å². The fourth-order valence-corrected chi connectivity index (χ4v) is 2.74. The topological polar surface area (TPSA) is 171 Å². The molecule has 0 aromatic heterocycles. The number of nitrogens with one attached hydrogen (secondary N) is 3. The van der Waals surface area contributed by atoms with Crippen LogP contribution in [0.15, 0.2) is 0 Å². The maximum atomic E-state index is 12.7. The number of carboxylic acid groups (broad SMARTS) is 1. The molecule has 7 N–H and O–H groups in total. The van der Waals surface area contributed by atoms with E-state index in [0.717, 1.165) is 0 Å². The largest absolute Gasteiger partial charge is 0.480 e. The zero-order chi connectivity index (χ0) is 22.7. The molecule has 0 aliphatic heterocycles. The van der Waals surface area contributed by atoms with Crippen molar-refractivity contribution < 1.29 is 29.4 Å². The predicted molar refractivity (Wildman–Crippen MR) is 111 cm³/mol. The third-order valence-corrected chi connectivity index (χ3v) is 4.83. The van der Waals surface area contributed by atoms with Crippen molar-refractivity contribution in [3.63, 3.8) is 0 Å². The molecule has 0 heterocycles. The van der Waals surface area contributed by atoms with Gasteiger partial charge in [0.05, 0.1) is 12.6 Å². The summed E-state index contributed by atoms with van der Waals surface area (Å²) in [5, 5.41) is 25.6. The quantitative estimate of drug-likeness (QED) is 0.180. The van der Waals surface area contributed by atoms with Crippen LogP contribution in [0.3, 0.4) is 0 Å². The molecule has 168 valence electrons. The molecule has 0 aliphatic rings. The summed E-state index contributed by atoms with van der Waals surface area (Å²) >= 11 is 3.84. The van der Waals surface area contributed by atoms with Crippen LogP contribution in [0.25, 0.3) is 0 Å². The first-order chi connectivity index (χ1) is 13.5. The van der Waals surface area contributed by atoms with E-state index >= 15 is 0 Å². The van der Waals surface area contributed by atoms with Gasteiger partial charge in [0.2, 0.25) is 17.7 Å². The highest BCUT2D eigenvalue weighted by Crippen LogP contribution is 2.10. The predicted octanol–water partition coefficient (Wildman–Crippen LogP) is -1.13. The molecule has 0 saturated carbocycles. The van der Waals surface area contributed by atoms with Crippen LogP contribution in [0.1, 0.15) is 40.5 Å². The van der Waals surface area contributed by atoms with Crippen molar-refractivity contribution in [2.45, 2.75) is 64.7 Å². The van der Waals surface area contributed by atoms with Crippen molar-refractivity contribution in [3.05, 3.63) is 0 Å². The SMILES string of the molecule is CCC(C)C(NC(=O)C(N)CC(C)C)C(=O)NC(CO)C(=O)NC(CS)C(=O)O. The zero-order valence-corrected chi connectivity index (χ0v) is 18.2. The second kappa shape index (κ2) is 13.4. The maximum Gasteiger partial charge on any atom is 0.327 e. The number of rotatable bonds is 13. The molecule has 0 spiro atoms. The summed E-state index contributed by atoms with van der Waals surface area (Å²) in [5.74, 6) is -3.54. The van der Waals surface area contributed by atoms with Gasteiger partial charge < -0.3 is 31.9 Å². The van der Waals surface area contributed by atoms with Crippen LogP contribution in [-0.4, -0.2) is 70.4 Å². The van der Waals surface area contributed by atoms with Crippen LogP contribution in [0.4, 0.5) is 0 Å². The second-order valence-electron chi connectivity index (χ2n) is 7.43. The van der Waals surface area contributed by atoms with Gasteiger partial charge >= 0.3 is 5.97 Å². The number of amides is 3. The highest BCUT2D eigenvalue weighted by atomic mass is 32.1. The summed E-state index contributed by atoms with van der Waals surface area (Å²) in [7, 11) is 0. The normalized spacial score (nSPS) is 16.3. The molecule has 11 heteroatoms. The Morgan fingerprint density at radius 1 is 0.966 bits per heavy atom. The van der Waals surface area contributed by atoms with Crippen molar-refractivity contribution in [3.8, 4) is 0 Å². The first-order valence-corrected chi connectivity index (χ1v) is 10.2. The smallest absolute Gasteiger partial charge is 0.327 e. The summed E-state index contributed by atoms with van der Waals surface area (Å²) < 4.78 is 0. The second-order valence-corrected chi connectivity index (χ2v) is 7.80. The molecule has 5 atom stereocenters. The van der Waals surface area contributed by atoms with E-state index in [1.807, 2.05) is 20.8 Å². The summed E-state index contributed by atoms with van der Waals surface area (Å²) in [4.78, 5) is 48.3. The number of carboxylic acids is 1. The van der Waals surface area contributed by atoms with Gasteiger partial charge in [-0.3, -0.25) is 14.4 Å². The van der Waals surface area contributed by atoms with Gasteiger partial charge in [-0.25, -0.2) is 4.79 Å². The van der Waals surface area contributed by atoms with Crippen molar-refractivity contribution in [2.75, 3.05) is 12.4 Å². The summed E-state index contributed by atoms with van der Waals surface area (Å²) in [6, 6.07) is -4.39. The van der Waals surface area contributed by atoms with E-state index in [2.05, 4.69) is 28.6 Å². The number of thiol groups is 1. The Hall–Kier alpha value is -1.85. The fourth-order valence-electron chi connectivity index (χ4n) is 2.49. The molecular weight excluding hydrogens is 400 g/mol. The molecule has 5 unspecified atom stereocenters. The van der Waals surface area contributed by atoms with Gasteiger partial charge in [-0.15, -0.1) is 0 Å². The van der Waals surface area contributed by atoms with E-state index in [0.29, 0.717) is 12.8 Å². The van der Waals surface area contributed by atoms with E-state index in [1.165, 1.54) is 0 Å². The number of carbonyl (C=O) groups excluding carboxylic acids is 3. The molecule has 29 heavy (non-hydrogen) atoms. The molecule has 0 saturated heterocycles. The number of aliphatic hydroxyl groups excluding tert-OH is 1. The van der Waals surface area contributed by atoms with Crippen molar-refractivity contribution in [2.24, 2.45) is 17.6 Å². The van der Waals surface area contributed by atoms with Gasteiger partial charge in [-0.1, -0.05) is 34.1 Å². The van der Waals surface area contributed by atoms with Crippen LogP contribution < -0.4 is 21.7 Å². The van der Waals surface area contributed by atoms with Gasteiger partial charge in [0, 0.05) is 5.75 Å². The molecule has 0 aromatic rings. The van der Waals surface area contributed by atoms with Gasteiger partial charge in [0.1, 0.15) is 18.1 Å². The van der Waals surface area contributed by atoms with Gasteiger partial charge in [0.15, 0.2) is 0 Å². The number of aliphatic hydroxyl groups is 1. The van der Waals surface area contributed by atoms with Gasteiger partial charge in [-0.05, 0) is 18.3 Å². The molecule has 0 bridgehead atoms. The van der Waals surface area contributed by atoms with Crippen LogP contribution in [0.5, 0.6) is 0 Å². The van der Waals surface area contributed by atoms with E-state index in [9.17, 15) is 24.3 Å². The van der Waals surface area contributed by atoms with Crippen LogP contribution in [0, 0.1) is 11.8 Å². The lowest BCUT2D eigenvalue weighted by molar-refractivity contribution is -0.142. The first-order valence-electron chi connectivity index (χ1n) is 9.59. The van der Waals surface area contributed by atoms with E-state index in [1.54, 1.807) is 6.92 Å². The highest BCUT2D eigenvalue weighted by Gasteiger charge is 2.32. The van der Waals surface area contributed by atoms with E-state index in [-0.39, 0.29) is 17.6 Å². The Morgan fingerprint density at radius 3 is 1.93 bits per heavy atom. The molecule has 0 aromatic carbocycles. The van der Waals surface area contributed by atoms with Gasteiger partial charge in [-0.2, -0.15) is 12.6 Å². The van der Waals surface area contributed by atoms with Crippen LogP contribution in [-0.2, 0) is 19.2 Å². The molecule has 0 fully saturated rings. The Labute approximate surface area is 176 Å². The molecule has 3 amide bonds. The van der Waals surface area contributed by atoms with Crippen LogP contribution in [0.2, 0.25) is 0 Å². The number of carbonyl (C=O) groups is 4. The van der Waals surface area contributed by atoms with Gasteiger partial charge in [0.25, 0.3) is 0 Å². The minimum absolute atomic E-state index is 0.160. The Balaban J connectivity index is 5.21. The number of aliphatic carboxylic acids is 1. The molecule has 0 aliphatic carbocycles. The Morgan fingerprint density at radius 2 is 1.52 bits per heavy atom. The molecule has 0 radical (unpaired) electrons. The van der Waals surface area contributed by atoms with Crippen molar-refractivity contribution in [1.29, 1.82) is 0 Å². The van der Waals surface area contributed by atoms with Crippen molar-refractivity contribution >= 4 is 36.3 Å². The minimum Gasteiger partial charge on any atom is -0.480 e. The minimum atomic E-state index is -1.38. The lowest BCUT2D eigenvalue weighted by atomic mass is 9.96. The fraction of sp³-hybridized carbons (Fsp3) is 0.778. The lowest BCUT2D eigenvalue weighted by Crippen LogP contribution is -2.59. The first kappa shape index (κ1) is 27.1. The standard InChI is InChI=1S/C18H34N4O6S/c1-5-10(4)14(22-15(24)11(19)6-9(2)3)17(26)20-12(7-23)16(25)21-13(8-29)18(27)28/h9-14,23,29H,5-8,19H2,1-4H3,(H,20,26)(H,21,25)(H,22,24)(H,27,28). The Bertz CT molecular complexity index is 575. The van der Waals surface area contributed by atoms with E-state index < -0.39 is 54.5 Å². The average Bonchev–Trinajstić information content (AvgIpc) is 2.66. The highest BCUT2D eigenvalue weighted by molar-refractivity contribution is 7.80. The zero-order valence-electron chi connectivity index (χ0n) is 17.3. The maximum absolute atomic E-state index is 12.7. The lowest BCUT2D eigenvalue weighted by Gasteiger charge is -2.27. The number of hydrogen-bond donors (Lipinski definition) is 7. The summed E-state index contributed by atoms with van der Waals surface area (Å²) in [6.45, 7) is 6.70. The van der Waals surface area contributed by atoms with E-state index in [4.69, 9.17) is 10.8 Å². The number of hydrogen-bond acceptors (Lipinski definition) is 7. The summed E-state index contributed by atoms with van der Waals surface area (Å²) in [5.41, 5.74) is 5.87. The van der Waals surface area contributed by atoms with Crippen molar-refractivity contribution in [1.82, 2.24) is 16.0 Å². The summed E-state index contributed by atoms with van der Waals surface area (Å²) in [6.07, 6.45) is 1.01. The molecule has 0 rings (SSSR count). The molecule has 10 nitrogen and oxygen atoms in total. The number of nitrogens with two attached hydrogens (primary N) is 1. The average molecular weight is 435 g/mol.